The number of amides is 2. The molecule has 0 radical (unpaired) electrons. The maximum atomic E-state index is 12.6. The number of hydrogen-bond donors (Lipinski definition) is 1. The highest BCUT2D eigenvalue weighted by Gasteiger charge is 2.25. The van der Waals surface area contributed by atoms with Gasteiger partial charge in [-0.05, 0) is 38.3 Å². The molecule has 1 aliphatic rings. The zero-order chi connectivity index (χ0) is 18.4. The van der Waals surface area contributed by atoms with Gasteiger partial charge in [0, 0.05) is 32.8 Å². The molecule has 1 aliphatic heterocycles. The second-order valence-electron chi connectivity index (χ2n) is 6.36. The second-order valence-corrected chi connectivity index (χ2v) is 6.36. The fourth-order valence-corrected chi connectivity index (χ4v) is 3.18. The third-order valence-corrected chi connectivity index (χ3v) is 4.63. The summed E-state index contributed by atoms with van der Waals surface area (Å²) in [6, 6.07) is 7.14. The topological polar surface area (TPSA) is 89.3 Å². The van der Waals surface area contributed by atoms with Crippen molar-refractivity contribution >= 4 is 16.9 Å². The Morgan fingerprint density at radius 2 is 2.08 bits per heavy atom. The van der Waals surface area contributed by atoms with E-state index in [0.29, 0.717) is 56.6 Å². The summed E-state index contributed by atoms with van der Waals surface area (Å²) < 4.78 is 6.73. The lowest BCUT2D eigenvalue weighted by atomic mass is 10.1. The van der Waals surface area contributed by atoms with Gasteiger partial charge in [0.05, 0.1) is 11.4 Å². The Labute approximate surface area is 152 Å². The summed E-state index contributed by atoms with van der Waals surface area (Å²) in [4.78, 5) is 26.6. The lowest BCUT2D eigenvalue weighted by Gasteiger charge is -2.32. The highest BCUT2D eigenvalue weighted by atomic mass is 16.5. The van der Waals surface area contributed by atoms with Crippen LogP contribution >= 0.6 is 0 Å². The molecule has 1 saturated heterocycles. The smallest absolute Gasteiger partial charge is 0.317 e. The molecule has 8 heteroatoms. The van der Waals surface area contributed by atoms with Crippen LogP contribution in [0.4, 0.5) is 4.79 Å². The number of ether oxygens (including phenoxy) is 1. The number of carbonyl (C=O) groups is 1. The first-order valence-electron chi connectivity index (χ1n) is 9.15. The Morgan fingerprint density at radius 1 is 1.31 bits per heavy atom. The molecule has 2 amide bonds. The van der Waals surface area contributed by atoms with Gasteiger partial charge in [0.25, 0.3) is 5.56 Å². The summed E-state index contributed by atoms with van der Waals surface area (Å²) in [5.74, 6) is 0. The fraction of sp³-hybridized carbons (Fsp3) is 0.556. The molecule has 3 rings (SSSR count). The molecule has 2 aromatic rings. The maximum absolute atomic E-state index is 12.6. The number of urea groups is 1. The minimum absolute atomic E-state index is 0.0263. The molecule has 1 aromatic carbocycles. The molecule has 1 aromatic heterocycles. The number of nitrogens with zero attached hydrogens (tertiary/aromatic N) is 4. The number of fused-ring (bicyclic) bond motifs is 1. The lowest BCUT2D eigenvalue weighted by Crippen LogP contribution is -2.46. The molecule has 0 atom stereocenters. The van der Waals surface area contributed by atoms with E-state index >= 15 is 0 Å². The lowest BCUT2D eigenvalue weighted by molar-refractivity contribution is 0.142. The average Bonchev–Trinajstić information content (AvgIpc) is 2.68. The van der Waals surface area contributed by atoms with Gasteiger partial charge < -0.3 is 15.0 Å². The van der Waals surface area contributed by atoms with Crippen LogP contribution in [0.1, 0.15) is 32.2 Å². The van der Waals surface area contributed by atoms with Gasteiger partial charge in [0.1, 0.15) is 5.52 Å². The van der Waals surface area contributed by atoms with Crippen LogP contribution in [0.2, 0.25) is 0 Å². The van der Waals surface area contributed by atoms with Crippen molar-refractivity contribution < 1.29 is 9.53 Å². The molecule has 0 aliphatic carbocycles. The predicted molar refractivity (Wildman–Crippen MR) is 98.2 cm³/mol. The number of likely N-dealkylation sites (tertiary alicyclic amines) is 1. The Hall–Kier alpha value is -2.48. The Kier molecular flexibility index (Phi) is 6.17. The number of carbonyl (C=O) groups excluding carboxylic acids is 1. The molecule has 26 heavy (non-hydrogen) atoms. The molecule has 1 fully saturated rings. The van der Waals surface area contributed by atoms with Crippen molar-refractivity contribution in [1.82, 2.24) is 25.2 Å². The minimum atomic E-state index is -0.116. The second kappa shape index (κ2) is 8.75. The molecule has 2 heterocycles. The van der Waals surface area contributed by atoms with Gasteiger partial charge in [0.2, 0.25) is 0 Å². The summed E-state index contributed by atoms with van der Waals surface area (Å²) in [5.41, 5.74) is 0.493. The largest absolute Gasteiger partial charge is 0.382 e. The third-order valence-electron chi connectivity index (χ3n) is 4.63. The molecule has 140 valence electrons. The van der Waals surface area contributed by atoms with Gasteiger partial charge in [0.15, 0.2) is 0 Å². The molecule has 0 saturated carbocycles. The molecule has 0 bridgehead atoms. The number of piperidine rings is 1. The van der Waals surface area contributed by atoms with E-state index in [9.17, 15) is 9.59 Å². The van der Waals surface area contributed by atoms with Crippen LogP contribution in [0.25, 0.3) is 10.9 Å². The Bertz CT molecular complexity index is 799. The van der Waals surface area contributed by atoms with Gasteiger partial charge >= 0.3 is 6.03 Å². The highest BCUT2D eigenvalue weighted by Crippen LogP contribution is 2.20. The number of nitrogens with one attached hydrogen (secondary N) is 1. The van der Waals surface area contributed by atoms with Crippen molar-refractivity contribution in [2.45, 2.75) is 32.2 Å². The van der Waals surface area contributed by atoms with Crippen molar-refractivity contribution in [1.29, 1.82) is 0 Å². The van der Waals surface area contributed by atoms with Crippen LogP contribution in [0, 0.1) is 0 Å². The first kappa shape index (κ1) is 18.3. The molecular formula is C18H25N5O3. The Morgan fingerprint density at radius 3 is 2.85 bits per heavy atom. The summed E-state index contributed by atoms with van der Waals surface area (Å²) in [6.07, 6.45) is 2.19. The van der Waals surface area contributed by atoms with Crippen LogP contribution < -0.4 is 10.9 Å². The zero-order valence-corrected chi connectivity index (χ0v) is 15.1. The molecular weight excluding hydrogens is 334 g/mol. The van der Waals surface area contributed by atoms with E-state index in [1.165, 1.54) is 4.68 Å². The first-order valence-corrected chi connectivity index (χ1v) is 9.15. The quantitative estimate of drug-likeness (QED) is 0.791. The van der Waals surface area contributed by atoms with Gasteiger partial charge in [-0.15, -0.1) is 5.10 Å². The van der Waals surface area contributed by atoms with E-state index < -0.39 is 0 Å². The number of aromatic nitrogens is 3. The fourth-order valence-electron chi connectivity index (χ4n) is 3.18. The maximum Gasteiger partial charge on any atom is 0.317 e. The van der Waals surface area contributed by atoms with Crippen LogP contribution in [0.3, 0.4) is 0 Å². The van der Waals surface area contributed by atoms with Crippen molar-refractivity contribution in [2.24, 2.45) is 0 Å². The minimum Gasteiger partial charge on any atom is -0.382 e. The van der Waals surface area contributed by atoms with E-state index in [4.69, 9.17) is 4.74 Å². The monoisotopic (exact) mass is 359 g/mol. The van der Waals surface area contributed by atoms with Crippen molar-refractivity contribution in [3.05, 3.63) is 34.6 Å². The Balaban J connectivity index is 1.55. The van der Waals surface area contributed by atoms with Gasteiger partial charge in [-0.25, -0.2) is 9.48 Å². The van der Waals surface area contributed by atoms with Gasteiger partial charge in [-0.2, -0.15) is 0 Å². The molecule has 8 nitrogen and oxygen atoms in total. The molecule has 0 unspecified atom stereocenters. The predicted octanol–water partition coefficient (Wildman–Crippen LogP) is 1.56. The van der Waals surface area contributed by atoms with Crippen molar-refractivity contribution in [3.8, 4) is 0 Å². The average molecular weight is 359 g/mol. The number of hydrogen-bond acceptors (Lipinski definition) is 5. The van der Waals surface area contributed by atoms with Crippen LogP contribution in [-0.4, -0.2) is 58.8 Å². The van der Waals surface area contributed by atoms with E-state index in [1.54, 1.807) is 17.0 Å². The summed E-state index contributed by atoms with van der Waals surface area (Å²) >= 11 is 0. The summed E-state index contributed by atoms with van der Waals surface area (Å²) in [6.45, 7) is 5.11. The van der Waals surface area contributed by atoms with Gasteiger partial charge in [-0.3, -0.25) is 4.79 Å². The van der Waals surface area contributed by atoms with E-state index in [2.05, 4.69) is 15.6 Å². The van der Waals surface area contributed by atoms with Crippen molar-refractivity contribution in [2.75, 3.05) is 32.8 Å². The van der Waals surface area contributed by atoms with Crippen molar-refractivity contribution in [3.63, 3.8) is 0 Å². The highest BCUT2D eigenvalue weighted by molar-refractivity contribution is 5.76. The summed E-state index contributed by atoms with van der Waals surface area (Å²) in [5, 5.41) is 11.7. The van der Waals surface area contributed by atoms with E-state index in [1.807, 2.05) is 19.1 Å². The molecule has 0 spiro atoms. The third kappa shape index (κ3) is 4.19. The van der Waals surface area contributed by atoms with Crippen LogP contribution in [0.15, 0.2) is 29.1 Å². The first-order chi connectivity index (χ1) is 12.7. The zero-order valence-electron chi connectivity index (χ0n) is 15.1. The SMILES string of the molecule is CCOCCCNC(=O)N1CCC(n2nnc3ccccc3c2=O)CC1. The normalized spacial score (nSPS) is 15.3. The number of rotatable bonds is 6. The van der Waals surface area contributed by atoms with E-state index in [0.717, 1.165) is 6.42 Å². The standard InChI is InChI=1S/C18H25N5O3/c1-2-26-13-5-10-19-18(25)22-11-8-14(9-12-22)23-17(24)15-6-3-4-7-16(15)20-21-23/h3-4,6-7,14H,2,5,8-13H2,1H3,(H,19,25). The van der Waals surface area contributed by atoms with Crippen LogP contribution in [0.5, 0.6) is 0 Å². The number of benzene rings is 1. The van der Waals surface area contributed by atoms with Gasteiger partial charge in [-0.1, -0.05) is 17.3 Å². The van der Waals surface area contributed by atoms with Crippen LogP contribution in [-0.2, 0) is 4.74 Å². The van der Waals surface area contributed by atoms with E-state index in [-0.39, 0.29) is 17.6 Å². The summed E-state index contributed by atoms with van der Waals surface area (Å²) in [7, 11) is 0. The molecule has 1 N–H and O–H groups in total.